The van der Waals surface area contributed by atoms with Gasteiger partial charge in [-0.15, -0.1) is 0 Å². The zero-order valence-corrected chi connectivity index (χ0v) is 35.6. The van der Waals surface area contributed by atoms with Gasteiger partial charge in [-0.2, -0.15) is 0 Å². The topological polar surface area (TPSA) is 58.9 Å². The van der Waals surface area contributed by atoms with E-state index in [1.165, 1.54) is 11.1 Å². The van der Waals surface area contributed by atoms with Crippen molar-refractivity contribution >= 4 is 21.5 Å². The normalized spacial score (nSPS) is 12.6. The Kier molecular flexibility index (Phi) is 11.9. The largest absolute Gasteiger partial charge is 0.507 e. The van der Waals surface area contributed by atoms with Gasteiger partial charge in [0.1, 0.15) is 11.5 Å². The van der Waals surface area contributed by atoms with Crippen molar-refractivity contribution in [1.29, 1.82) is 0 Å². The van der Waals surface area contributed by atoms with Crippen molar-refractivity contribution in [3.05, 3.63) is 201 Å². The Balaban J connectivity index is 1.23. The number of rotatable bonds is 13. The molecule has 0 fully saturated rings. The fourth-order valence-corrected chi connectivity index (χ4v) is 9.38. The van der Waals surface area contributed by atoms with Crippen LogP contribution in [0.4, 0.5) is 0 Å². The number of aromatic hydroxyl groups is 2. The van der Waals surface area contributed by atoms with Crippen LogP contribution in [0.5, 0.6) is 11.5 Å². The summed E-state index contributed by atoms with van der Waals surface area (Å²) in [4.78, 5) is 0. The summed E-state index contributed by atoms with van der Waals surface area (Å²) in [6.07, 6.45) is -0.284. The maximum atomic E-state index is 12.2. The molecule has 4 nitrogen and oxygen atoms in total. The Morgan fingerprint density at radius 3 is 1.13 bits per heavy atom. The van der Waals surface area contributed by atoms with Gasteiger partial charge in [0.05, 0.1) is 25.4 Å². The van der Waals surface area contributed by atoms with E-state index in [2.05, 4.69) is 151 Å². The molecule has 0 aliphatic carbocycles. The number of fused-ring (bicyclic) bond motifs is 2. The molecule has 0 saturated heterocycles. The molecule has 0 heterocycles. The standard InChI is InChI=1S/C56H54O4/c1-35-27-37(3)53(38(4)28-35)49-25-13-19-43(55(49)57)31-51(59-33-45-21-11-17-41-15-7-9-23-47(41)45)52(60-34-46-22-12-18-42-16-8-10-24-48(42)46)32-44-20-14-26-50(56(44)58)54-39(5)29-36(2)30-40(54)6/h7-30,51-52,57-58H,31-34H2,1-6H3/t51-,52-/m1/s1. The van der Waals surface area contributed by atoms with Gasteiger partial charge in [0.2, 0.25) is 0 Å². The average molecular weight is 791 g/mol. The second kappa shape index (κ2) is 17.6. The van der Waals surface area contributed by atoms with Crippen molar-refractivity contribution < 1.29 is 19.7 Å². The highest BCUT2D eigenvalue weighted by atomic mass is 16.5. The van der Waals surface area contributed by atoms with Gasteiger partial charge < -0.3 is 19.7 Å². The van der Waals surface area contributed by atoms with E-state index in [1.807, 2.05) is 36.4 Å². The molecular weight excluding hydrogens is 737 g/mol. The first-order valence-corrected chi connectivity index (χ1v) is 21.0. The van der Waals surface area contributed by atoms with E-state index < -0.39 is 12.2 Å². The molecule has 2 atom stereocenters. The Bertz CT molecular complexity index is 2580. The van der Waals surface area contributed by atoms with Gasteiger partial charge in [0.15, 0.2) is 0 Å². The number of para-hydroxylation sites is 2. The summed E-state index contributed by atoms with van der Waals surface area (Å²) in [6.45, 7) is 13.3. The summed E-state index contributed by atoms with van der Waals surface area (Å²) >= 11 is 0. The molecule has 0 saturated carbocycles. The van der Waals surface area contributed by atoms with Crippen LogP contribution < -0.4 is 0 Å². The molecule has 302 valence electrons. The lowest BCUT2D eigenvalue weighted by Gasteiger charge is -2.30. The van der Waals surface area contributed by atoms with Gasteiger partial charge in [-0.3, -0.25) is 0 Å². The molecule has 0 aliphatic heterocycles. The quantitative estimate of drug-likeness (QED) is 0.122. The highest BCUT2D eigenvalue weighted by molar-refractivity contribution is 5.86. The smallest absolute Gasteiger partial charge is 0.126 e. The third-order valence-corrected chi connectivity index (χ3v) is 12.1. The number of phenolic OH excluding ortho intramolecular Hbond substituents is 2. The van der Waals surface area contributed by atoms with Crippen LogP contribution in [0.3, 0.4) is 0 Å². The molecule has 4 heteroatoms. The molecule has 0 bridgehead atoms. The zero-order valence-electron chi connectivity index (χ0n) is 35.6. The van der Waals surface area contributed by atoms with Gasteiger partial charge in [0, 0.05) is 24.0 Å². The number of phenols is 2. The Hall–Kier alpha value is -6.20. The van der Waals surface area contributed by atoms with Crippen molar-refractivity contribution in [3.63, 3.8) is 0 Å². The van der Waals surface area contributed by atoms with Gasteiger partial charge in [0.25, 0.3) is 0 Å². The summed E-state index contributed by atoms with van der Waals surface area (Å²) < 4.78 is 14.2. The minimum absolute atomic E-state index is 0.245. The Labute approximate surface area is 354 Å². The highest BCUT2D eigenvalue weighted by Gasteiger charge is 2.29. The number of aryl methyl sites for hydroxylation is 6. The SMILES string of the molecule is Cc1cc(C)c(-c2cccc(C[C@@H](OCc3cccc4ccccc34)[C@@H](Cc3cccc(-c4c(C)cc(C)cc4C)c3O)OCc3cccc4ccccc34)c2O)c(C)c1. The Morgan fingerprint density at radius 2 is 0.733 bits per heavy atom. The number of hydrogen-bond donors (Lipinski definition) is 2. The fourth-order valence-electron chi connectivity index (χ4n) is 9.38. The minimum Gasteiger partial charge on any atom is -0.507 e. The van der Waals surface area contributed by atoms with Crippen LogP contribution in [0.2, 0.25) is 0 Å². The molecule has 0 spiro atoms. The van der Waals surface area contributed by atoms with Crippen molar-refractivity contribution in [2.24, 2.45) is 0 Å². The van der Waals surface area contributed by atoms with Gasteiger partial charge in [-0.05, 0) is 119 Å². The predicted octanol–water partition coefficient (Wildman–Crippen LogP) is 13.5. The van der Waals surface area contributed by atoms with Crippen molar-refractivity contribution in [2.45, 2.75) is 79.8 Å². The second-order valence-corrected chi connectivity index (χ2v) is 16.6. The molecule has 8 aromatic carbocycles. The van der Waals surface area contributed by atoms with Crippen LogP contribution >= 0.6 is 0 Å². The first-order valence-electron chi connectivity index (χ1n) is 21.0. The van der Waals surface area contributed by atoms with E-state index >= 15 is 0 Å². The Morgan fingerprint density at radius 1 is 0.400 bits per heavy atom. The van der Waals surface area contributed by atoms with E-state index in [0.717, 1.165) is 88.3 Å². The summed E-state index contributed by atoms with van der Waals surface area (Å²) in [7, 11) is 0. The van der Waals surface area contributed by atoms with E-state index in [1.54, 1.807) is 0 Å². The first-order chi connectivity index (χ1) is 29.0. The molecule has 8 aromatic rings. The molecule has 0 unspecified atom stereocenters. The maximum Gasteiger partial charge on any atom is 0.126 e. The molecule has 0 aliphatic rings. The van der Waals surface area contributed by atoms with Gasteiger partial charge in [-0.1, -0.05) is 157 Å². The lowest BCUT2D eigenvalue weighted by atomic mass is 9.89. The summed E-state index contributed by atoms with van der Waals surface area (Å²) in [5.74, 6) is 0.489. The molecule has 2 N–H and O–H groups in total. The number of hydrogen-bond acceptors (Lipinski definition) is 4. The predicted molar refractivity (Wildman–Crippen MR) is 248 cm³/mol. The van der Waals surface area contributed by atoms with Crippen molar-refractivity contribution in [2.75, 3.05) is 0 Å². The third kappa shape index (κ3) is 8.45. The maximum absolute atomic E-state index is 12.2. The number of benzene rings is 8. The minimum atomic E-state index is -0.522. The number of ether oxygens (including phenoxy) is 2. The first kappa shape index (κ1) is 40.6. The van der Waals surface area contributed by atoms with Crippen LogP contribution in [0.15, 0.2) is 146 Å². The summed E-state index contributed by atoms with van der Waals surface area (Å²) in [6, 6.07) is 50.1. The highest BCUT2D eigenvalue weighted by Crippen LogP contribution is 2.40. The monoisotopic (exact) mass is 790 g/mol. The average Bonchev–Trinajstić information content (AvgIpc) is 3.22. The summed E-state index contributed by atoms with van der Waals surface area (Å²) in [5.41, 5.74) is 14.3. The zero-order chi connectivity index (χ0) is 41.9. The van der Waals surface area contributed by atoms with E-state index in [0.29, 0.717) is 26.1 Å². The van der Waals surface area contributed by atoms with Crippen LogP contribution in [0.1, 0.15) is 55.6 Å². The summed E-state index contributed by atoms with van der Waals surface area (Å²) in [5, 5.41) is 28.9. The van der Waals surface area contributed by atoms with Gasteiger partial charge >= 0.3 is 0 Å². The van der Waals surface area contributed by atoms with Crippen LogP contribution in [-0.4, -0.2) is 22.4 Å². The van der Waals surface area contributed by atoms with Crippen LogP contribution in [0.25, 0.3) is 43.8 Å². The fraction of sp³-hybridized carbons (Fsp3) is 0.214. The molecule has 0 radical (unpaired) electrons. The van der Waals surface area contributed by atoms with Crippen molar-refractivity contribution in [1.82, 2.24) is 0 Å². The lowest BCUT2D eigenvalue weighted by Crippen LogP contribution is -2.35. The molecule has 0 amide bonds. The third-order valence-electron chi connectivity index (χ3n) is 12.1. The lowest BCUT2D eigenvalue weighted by molar-refractivity contribution is -0.0844. The van der Waals surface area contributed by atoms with E-state index in [4.69, 9.17) is 9.47 Å². The van der Waals surface area contributed by atoms with Crippen LogP contribution in [-0.2, 0) is 35.5 Å². The second-order valence-electron chi connectivity index (χ2n) is 16.6. The molecular formula is C56H54O4. The van der Waals surface area contributed by atoms with Crippen molar-refractivity contribution in [3.8, 4) is 33.8 Å². The van der Waals surface area contributed by atoms with E-state index in [-0.39, 0.29) is 11.5 Å². The van der Waals surface area contributed by atoms with Gasteiger partial charge in [-0.25, -0.2) is 0 Å². The van der Waals surface area contributed by atoms with E-state index in [9.17, 15) is 10.2 Å². The molecule has 60 heavy (non-hydrogen) atoms. The molecule has 0 aromatic heterocycles. The molecule has 8 rings (SSSR count). The van der Waals surface area contributed by atoms with Crippen LogP contribution in [0, 0.1) is 41.5 Å².